The molecule has 4 aromatic rings. The van der Waals surface area contributed by atoms with Gasteiger partial charge in [-0.05, 0) is 29.8 Å². The van der Waals surface area contributed by atoms with E-state index in [9.17, 15) is 5.11 Å². The van der Waals surface area contributed by atoms with E-state index in [1.54, 1.807) is 18.0 Å². The van der Waals surface area contributed by atoms with Crippen LogP contribution in [0.25, 0.3) is 33.3 Å². The van der Waals surface area contributed by atoms with E-state index >= 15 is 0 Å². The van der Waals surface area contributed by atoms with Crippen LogP contribution in [0.4, 0.5) is 5.82 Å². The molecule has 1 aliphatic heterocycles. The molecular weight excluding hydrogens is 368 g/mol. The van der Waals surface area contributed by atoms with Crippen LogP contribution in [-0.2, 0) is 11.8 Å². The fraction of sp³-hybridized carbons (Fsp3) is 0.286. The van der Waals surface area contributed by atoms with Crippen molar-refractivity contribution < 1.29 is 9.84 Å². The predicted molar refractivity (Wildman–Crippen MR) is 111 cm³/mol. The molecule has 1 aromatic carbocycles. The Hall–Kier alpha value is -3.23. The number of nitrogens with zero attached hydrogens (tertiary/aromatic N) is 5. The van der Waals surface area contributed by atoms with E-state index in [2.05, 4.69) is 32.4 Å². The van der Waals surface area contributed by atoms with Gasteiger partial charge in [-0.15, -0.1) is 0 Å². The summed E-state index contributed by atoms with van der Waals surface area (Å²) in [7, 11) is 3.53. The number of aliphatic hydroxyl groups is 1. The maximum Gasteiger partial charge on any atom is 0.129 e. The van der Waals surface area contributed by atoms with Crippen LogP contribution in [0.1, 0.15) is 0 Å². The van der Waals surface area contributed by atoms with Crippen molar-refractivity contribution in [1.29, 1.82) is 0 Å². The van der Waals surface area contributed by atoms with E-state index in [0.717, 1.165) is 39.1 Å². The van der Waals surface area contributed by atoms with Gasteiger partial charge in [0.05, 0.1) is 17.8 Å². The SMILES string of the molecule is CO[C@H]1CN(c2cc(-c3n[nH]c4ccc(-c5cnn(C)c5)cc34)ccn2)C[C@@H]1O. The first-order chi connectivity index (χ1) is 14.1. The Balaban J connectivity index is 1.52. The molecule has 0 radical (unpaired) electrons. The van der Waals surface area contributed by atoms with Crippen LogP contribution in [0.3, 0.4) is 0 Å². The first-order valence-corrected chi connectivity index (χ1v) is 9.52. The third-order valence-electron chi connectivity index (χ3n) is 5.48. The minimum Gasteiger partial charge on any atom is -0.388 e. The van der Waals surface area contributed by atoms with Crippen molar-refractivity contribution in [2.45, 2.75) is 12.2 Å². The number of aromatic nitrogens is 5. The molecule has 1 aliphatic rings. The molecule has 0 aliphatic carbocycles. The average molecular weight is 390 g/mol. The third kappa shape index (κ3) is 3.16. The van der Waals surface area contributed by atoms with E-state index in [-0.39, 0.29) is 6.10 Å². The summed E-state index contributed by atoms with van der Waals surface area (Å²) in [5.74, 6) is 0.806. The lowest BCUT2D eigenvalue weighted by molar-refractivity contribution is 0.0217. The van der Waals surface area contributed by atoms with Crippen LogP contribution < -0.4 is 4.90 Å². The molecule has 0 saturated carbocycles. The van der Waals surface area contributed by atoms with Gasteiger partial charge in [0.25, 0.3) is 0 Å². The van der Waals surface area contributed by atoms with Gasteiger partial charge in [-0.1, -0.05) is 6.07 Å². The zero-order valence-corrected chi connectivity index (χ0v) is 16.3. The summed E-state index contributed by atoms with van der Waals surface area (Å²) in [5, 5.41) is 23.1. The first-order valence-electron chi connectivity index (χ1n) is 9.52. The fourth-order valence-electron chi connectivity index (χ4n) is 3.90. The lowest BCUT2D eigenvalue weighted by Gasteiger charge is -2.17. The van der Waals surface area contributed by atoms with Gasteiger partial charge in [0.1, 0.15) is 17.6 Å². The molecular formula is C21H22N6O2. The number of fused-ring (bicyclic) bond motifs is 1. The molecule has 2 atom stereocenters. The van der Waals surface area contributed by atoms with Gasteiger partial charge >= 0.3 is 0 Å². The standard InChI is InChI=1S/C21H22N6O2/c1-26-10-15(9-23-26)13-3-4-17-16(7-13)21(25-24-17)14-5-6-22-20(8-14)27-11-18(28)19(12-27)29-2/h3-10,18-19,28H,11-12H2,1-2H3,(H,24,25)/t18-,19-/m0/s1. The number of hydrogen-bond donors (Lipinski definition) is 2. The summed E-state index contributed by atoms with van der Waals surface area (Å²) >= 11 is 0. The van der Waals surface area contributed by atoms with Crippen LogP contribution in [0.2, 0.25) is 0 Å². The van der Waals surface area contributed by atoms with Crippen molar-refractivity contribution in [2.24, 2.45) is 7.05 Å². The Labute approximate surface area is 167 Å². The second-order valence-corrected chi connectivity index (χ2v) is 7.38. The number of pyridine rings is 1. The van der Waals surface area contributed by atoms with Gasteiger partial charge in [0, 0.05) is 56.2 Å². The van der Waals surface area contributed by atoms with Crippen molar-refractivity contribution in [2.75, 3.05) is 25.1 Å². The van der Waals surface area contributed by atoms with Gasteiger partial charge < -0.3 is 14.7 Å². The highest BCUT2D eigenvalue weighted by atomic mass is 16.5. The number of hydrogen-bond acceptors (Lipinski definition) is 6. The maximum absolute atomic E-state index is 10.1. The van der Waals surface area contributed by atoms with Gasteiger partial charge in [-0.3, -0.25) is 9.78 Å². The van der Waals surface area contributed by atoms with Crippen LogP contribution in [0.15, 0.2) is 48.9 Å². The monoisotopic (exact) mass is 390 g/mol. The highest BCUT2D eigenvalue weighted by Gasteiger charge is 2.32. The number of methoxy groups -OCH3 is 1. The number of β-amino-alcohol motifs (C(OH)–C–C–N with tert-alkyl or cyclic N) is 1. The summed E-state index contributed by atoms with van der Waals surface area (Å²) < 4.78 is 7.14. The highest BCUT2D eigenvalue weighted by molar-refractivity contribution is 5.95. The summed E-state index contributed by atoms with van der Waals surface area (Å²) in [6.07, 6.45) is 4.92. The molecule has 0 bridgehead atoms. The van der Waals surface area contributed by atoms with E-state index in [0.29, 0.717) is 13.1 Å². The number of nitrogens with one attached hydrogen (secondary N) is 1. The molecule has 1 fully saturated rings. The topological polar surface area (TPSA) is 92.1 Å². The molecule has 1 saturated heterocycles. The summed E-state index contributed by atoms with van der Waals surface area (Å²) in [6, 6.07) is 10.2. The Bertz CT molecular complexity index is 1170. The van der Waals surface area contributed by atoms with Crippen molar-refractivity contribution in [3.63, 3.8) is 0 Å². The lowest BCUT2D eigenvalue weighted by Crippen LogP contribution is -2.25. The Morgan fingerprint density at radius 3 is 2.79 bits per heavy atom. The normalized spacial score (nSPS) is 19.3. The number of aliphatic hydroxyl groups excluding tert-OH is 1. The lowest BCUT2D eigenvalue weighted by atomic mass is 10.0. The number of aryl methyl sites for hydroxylation is 1. The van der Waals surface area contributed by atoms with Crippen LogP contribution in [0, 0.1) is 0 Å². The molecule has 8 heteroatoms. The van der Waals surface area contributed by atoms with Gasteiger partial charge in [0.15, 0.2) is 0 Å². The van der Waals surface area contributed by atoms with E-state index in [1.165, 1.54) is 0 Å². The van der Waals surface area contributed by atoms with E-state index < -0.39 is 6.10 Å². The average Bonchev–Trinajstić information content (AvgIpc) is 3.45. The van der Waals surface area contributed by atoms with Crippen LogP contribution in [0.5, 0.6) is 0 Å². The smallest absolute Gasteiger partial charge is 0.129 e. The molecule has 4 heterocycles. The zero-order valence-electron chi connectivity index (χ0n) is 16.3. The number of benzene rings is 1. The first kappa shape index (κ1) is 17.8. The fourth-order valence-corrected chi connectivity index (χ4v) is 3.90. The van der Waals surface area contributed by atoms with Gasteiger partial charge in [-0.25, -0.2) is 4.98 Å². The predicted octanol–water partition coefficient (Wildman–Crippen LogP) is 2.22. The molecule has 148 valence electrons. The third-order valence-corrected chi connectivity index (χ3v) is 5.48. The Kier molecular flexibility index (Phi) is 4.30. The Morgan fingerprint density at radius 1 is 1.14 bits per heavy atom. The molecule has 0 spiro atoms. The quantitative estimate of drug-likeness (QED) is 0.555. The molecule has 0 unspecified atom stereocenters. The molecule has 2 N–H and O–H groups in total. The van der Waals surface area contributed by atoms with Crippen molar-refractivity contribution >= 4 is 16.7 Å². The second-order valence-electron chi connectivity index (χ2n) is 7.38. The van der Waals surface area contributed by atoms with E-state index in [1.807, 2.05) is 42.5 Å². The largest absolute Gasteiger partial charge is 0.388 e. The van der Waals surface area contributed by atoms with E-state index in [4.69, 9.17) is 4.74 Å². The minimum absolute atomic E-state index is 0.200. The van der Waals surface area contributed by atoms with Gasteiger partial charge in [0.2, 0.25) is 0 Å². The number of aromatic amines is 1. The second kappa shape index (κ2) is 6.98. The zero-order chi connectivity index (χ0) is 20.0. The molecule has 3 aromatic heterocycles. The number of anilines is 1. The van der Waals surface area contributed by atoms with Crippen molar-refractivity contribution in [3.8, 4) is 22.4 Å². The highest BCUT2D eigenvalue weighted by Crippen LogP contribution is 2.32. The number of rotatable bonds is 4. The molecule has 0 amide bonds. The maximum atomic E-state index is 10.1. The molecule has 5 rings (SSSR count). The summed E-state index contributed by atoms with van der Waals surface area (Å²) in [6.45, 7) is 1.11. The Morgan fingerprint density at radius 2 is 2.03 bits per heavy atom. The molecule has 8 nitrogen and oxygen atoms in total. The van der Waals surface area contributed by atoms with Crippen molar-refractivity contribution in [1.82, 2.24) is 25.0 Å². The van der Waals surface area contributed by atoms with Crippen LogP contribution >= 0.6 is 0 Å². The number of ether oxygens (including phenoxy) is 1. The van der Waals surface area contributed by atoms with Crippen LogP contribution in [-0.4, -0.2) is 62.5 Å². The summed E-state index contributed by atoms with van der Waals surface area (Å²) in [4.78, 5) is 6.53. The summed E-state index contributed by atoms with van der Waals surface area (Å²) in [5.41, 5.74) is 4.97. The number of H-pyrrole nitrogens is 1. The van der Waals surface area contributed by atoms with Gasteiger partial charge in [-0.2, -0.15) is 10.2 Å². The minimum atomic E-state index is -0.515. The van der Waals surface area contributed by atoms with Crippen molar-refractivity contribution in [3.05, 3.63) is 48.9 Å². The molecule has 29 heavy (non-hydrogen) atoms.